The van der Waals surface area contributed by atoms with E-state index in [4.69, 9.17) is 0 Å². The summed E-state index contributed by atoms with van der Waals surface area (Å²) in [5.74, 6) is 0.158. The van der Waals surface area contributed by atoms with Crippen LogP contribution in [0.15, 0.2) is 49.2 Å². The van der Waals surface area contributed by atoms with Gasteiger partial charge in [0.15, 0.2) is 0 Å². The molecule has 2 aromatic heterocycles. The number of thiophene rings is 1. The number of rotatable bonds is 5. The predicted octanol–water partition coefficient (Wildman–Crippen LogP) is 5.15. The van der Waals surface area contributed by atoms with Gasteiger partial charge >= 0.3 is 6.03 Å². The highest BCUT2D eigenvalue weighted by molar-refractivity contribution is 7.21. The van der Waals surface area contributed by atoms with Gasteiger partial charge in [-0.05, 0) is 61.4 Å². The normalized spacial score (nSPS) is 19.6. The van der Waals surface area contributed by atoms with Crippen molar-refractivity contribution in [2.24, 2.45) is 0 Å². The van der Waals surface area contributed by atoms with Crippen molar-refractivity contribution >= 4 is 56.5 Å². The number of carbonyl (C=O) groups excluding carboxylic acids is 3. The lowest BCUT2D eigenvalue weighted by Crippen LogP contribution is -2.49. The SMILES string of the molecule is C=CC(=O)N1CCCC(NC(=O)c2sc3nccc4c3c2NC(=O)N4c2cccc(C3CCC3)c2)C1. The number of hydrogen-bond donors (Lipinski definition) is 2. The molecule has 4 heterocycles. The average Bonchev–Trinajstić information content (AvgIpc) is 3.22. The Kier molecular flexibility index (Phi) is 5.72. The second-order valence-corrected chi connectivity index (χ2v) is 10.6. The first-order valence-electron chi connectivity index (χ1n) is 12.4. The molecule has 1 saturated heterocycles. The van der Waals surface area contributed by atoms with E-state index in [2.05, 4.69) is 34.3 Å². The minimum absolute atomic E-state index is 0.131. The lowest BCUT2D eigenvalue weighted by molar-refractivity contribution is -0.127. The van der Waals surface area contributed by atoms with Crippen molar-refractivity contribution < 1.29 is 14.4 Å². The largest absolute Gasteiger partial charge is 0.347 e. The highest BCUT2D eigenvalue weighted by Crippen LogP contribution is 2.46. The summed E-state index contributed by atoms with van der Waals surface area (Å²) in [5.41, 5.74) is 3.29. The molecule has 9 heteroatoms. The third kappa shape index (κ3) is 3.83. The van der Waals surface area contributed by atoms with Gasteiger partial charge in [-0.25, -0.2) is 9.78 Å². The number of hydrogen-bond acceptors (Lipinski definition) is 5. The van der Waals surface area contributed by atoms with Gasteiger partial charge in [0, 0.05) is 25.3 Å². The molecule has 3 aliphatic rings. The number of urea groups is 1. The van der Waals surface area contributed by atoms with Gasteiger partial charge in [0.2, 0.25) is 5.91 Å². The van der Waals surface area contributed by atoms with E-state index in [0.717, 1.165) is 29.6 Å². The number of carbonyl (C=O) groups is 3. The van der Waals surface area contributed by atoms with Crippen LogP contribution in [0.2, 0.25) is 0 Å². The van der Waals surface area contributed by atoms with E-state index in [1.807, 2.05) is 18.2 Å². The summed E-state index contributed by atoms with van der Waals surface area (Å²) in [6, 6.07) is 9.54. The molecule has 36 heavy (non-hydrogen) atoms. The number of amides is 4. The van der Waals surface area contributed by atoms with E-state index in [9.17, 15) is 14.4 Å². The minimum Gasteiger partial charge on any atom is -0.347 e. The third-order valence-electron chi connectivity index (χ3n) is 7.40. The Bertz CT molecular complexity index is 1400. The number of benzene rings is 1. The van der Waals surface area contributed by atoms with Gasteiger partial charge in [-0.2, -0.15) is 0 Å². The number of anilines is 3. The first-order chi connectivity index (χ1) is 17.5. The number of nitrogens with one attached hydrogen (secondary N) is 2. The Morgan fingerprint density at radius 3 is 2.83 bits per heavy atom. The Hall–Kier alpha value is -3.72. The van der Waals surface area contributed by atoms with Crippen molar-refractivity contribution in [3.63, 3.8) is 0 Å². The molecule has 0 bridgehead atoms. The van der Waals surface area contributed by atoms with E-state index in [1.54, 1.807) is 16.0 Å². The van der Waals surface area contributed by atoms with Crippen molar-refractivity contribution in [3.8, 4) is 0 Å². The number of aromatic nitrogens is 1. The summed E-state index contributed by atoms with van der Waals surface area (Å²) >= 11 is 1.27. The van der Waals surface area contributed by atoms with E-state index >= 15 is 0 Å². The summed E-state index contributed by atoms with van der Waals surface area (Å²) in [7, 11) is 0. The molecule has 0 spiro atoms. The van der Waals surface area contributed by atoms with E-state index in [-0.39, 0.29) is 23.9 Å². The van der Waals surface area contributed by atoms with Crippen molar-refractivity contribution in [1.29, 1.82) is 0 Å². The minimum atomic E-state index is -0.298. The summed E-state index contributed by atoms with van der Waals surface area (Å²) in [6.07, 6.45) is 8.19. The molecule has 1 unspecified atom stereocenters. The number of piperidine rings is 1. The molecular weight excluding hydrogens is 474 g/mol. The van der Waals surface area contributed by atoms with Crippen LogP contribution >= 0.6 is 11.3 Å². The van der Waals surface area contributed by atoms with E-state index in [1.165, 1.54) is 42.2 Å². The second-order valence-electron chi connectivity index (χ2n) is 9.61. The zero-order chi connectivity index (χ0) is 24.8. The standard InChI is InChI=1S/C27H27N5O3S/c1-2-21(33)31-13-5-9-18(15-31)29-25(34)24-23-22-20(11-12-28-26(22)36-24)32(27(35)30-23)19-10-4-8-17(14-19)16-6-3-7-16/h2,4,8,10-12,14,16,18H,1,3,5-7,9,13,15H2,(H,29,34)(H,30,35). The van der Waals surface area contributed by atoms with E-state index in [0.29, 0.717) is 34.4 Å². The van der Waals surface area contributed by atoms with Crippen LogP contribution in [-0.2, 0) is 4.79 Å². The summed E-state index contributed by atoms with van der Waals surface area (Å²) in [6.45, 7) is 4.66. The molecule has 8 nitrogen and oxygen atoms in total. The quantitative estimate of drug-likeness (QED) is 0.473. The highest BCUT2D eigenvalue weighted by atomic mass is 32.1. The number of likely N-dealkylation sites (tertiary alicyclic amines) is 1. The molecule has 1 saturated carbocycles. The molecule has 1 atom stereocenters. The maximum atomic E-state index is 13.4. The van der Waals surface area contributed by atoms with Gasteiger partial charge in [-0.15, -0.1) is 11.3 Å². The number of pyridine rings is 1. The Labute approximate surface area is 213 Å². The summed E-state index contributed by atoms with van der Waals surface area (Å²) < 4.78 is 0. The molecule has 4 amide bonds. The fourth-order valence-electron chi connectivity index (χ4n) is 5.34. The molecule has 2 N–H and O–H groups in total. The van der Waals surface area contributed by atoms with Gasteiger partial charge in [0.1, 0.15) is 9.71 Å². The molecule has 2 aliphatic heterocycles. The molecule has 1 aromatic carbocycles. The lowest BCUT2D eigenvalue weighted by atomic mass is 9.80. The van der Waals surface area contributed by atoms with Crippen LogP contribution in [0, 0.1) is 0 Å². The highest BCUT2D eigenvalue weighted by Gasteiger charge is 2.34. The molecule has 2 fully saturated rings. The van der Waals surface area contributed by atoms with Crippen molar-refractivity contribution in [1.82, 2.24) is 15.2 Å². The first kappa shape index (κ1) is 22.7. The van der Waals surface area contributed by atoms with Gasteiger partial charge in [-0.1, -0.05) is 25.1 Å². The van der Waals surface area contributed by atoms with Gasteiger partial charge in [-0.3, -0.25) is 14.5 Å². The monoisotopic (exact) mass is 501 g/mol. The molecule has 3 aromatic rings. The van der Waals surface area contributed by atoms with Gasteiger partial charge in [0.05, 0.1) is 22.4 Å². The van der Waals surface area contributed by atoms with Crippen LogP contribution in [0.3, 0.4) is 0 Å². The first-order valence-corrected chi connectivity index (χ1v) is 13.2. The Morgan fingerprint density at radius 2 is 2.06 bits per heavy atom. The van der Waals surface area contributed by atoms with Gasteiger partial charge < -0.3 is 15.5 Å². The molecule has 184 valence electrons. The van der Waals surface area contributed by atoms with Crippen LogP contribution < -0.4 is 15.5 Å². The van der Waals surface area contributed by atoms with Crippen LogP contribution in [0.5, 0.6) is 0 Å². The second kappa shape index (κ2) is 9.05. The Morgan fingerprint density at radius 1 is 1.19 bits per heavy atom. The van der Waals surface area contributed by atoms with Crippen LogP contribution in [0.25, 0.3) is 10.2 Å². The average molecular weight is 502 g/mol. The topological polar surface area (TPSA) is 94.6 Å². The molecule has 6 rings (SSSR count). The van der Waals surface area contributed by atoms with Crippen molar-refractivity contribution in [2.45, 2.75) is 44.1 Å². The van der Waals surface area contributed by atoms with Crippen LogP contribution in [0.1, 0.15) is 53.3 Å². The molecule has 1 aliphatic carbocycles. The third-order valence-corrected chi connectivity index (χ3v) is 8.50. The van der Waals surface area contributed by atoms with Crippen LogP contribution in [-0.4, -0.2) is 46.9 Å². The van der Waals surface area contributed by atoms with Crippen molar-refractivity contribution in [3.05, 3.63) is 59.6 Å². The smallest absolute Gasteiger partial charge is 0.331 e. The van der Waals surface area contributed by atoms with Crippen molar-refractivity contribution in [2.75, 3.05) is 23.3 Å². The predicted molar refractivity (Wildman–Crippen MR) is 141 cm³/mol. The number of nitrogens with zero attached hydrogens (tertiary/aromatic N) is 3. The zero-order valence-corrected chi connectivity index (χ0v) is 20.6. The fourth-order valence-corrected chi connectivity index (χ4v) is 6.36. The summed E-state index contributed by atoms with van der Waals surface area (Å²) in [5, 5.41) is 6.81. The van der Waals surface area contributed by atoms with Crippen LogP contribution in [0.4, 0.5) is 21.9 Å². The molecule has 0 radical (unpaired) electrons. The van der Waals surface area contributed by atoms with E-state index < -0.39 is 0 Å². The fraction of sp³-hybridized carbons (Fsp3) is 0.333. The maximum Gasteiger partial charge on any atom is 0.331 e. The Balaban J connectivity index is 1.32. The van der Waals surface area contributed by atoms with Gasteiger partial charge in [0.25, 0.3) is 5.91 Å². The zero-order valence-electron chi connectivity index (χ0n) is 19.8. The maximum absolute atomic E-state index is 13.4. The lowest BCUT2D eigenvalue weighted by Gasteiger charge is -2.32. The summed E-state index contributed by atoms with van der Waals surface area (Å²) in [4.78, 5) is 47.8. The molecular formula is C27H27N5O3S.